The number of hydrogen-bond donors (Lipinski definition) is 1. The number of fused-ring (bicyclic) bond motifs is 1. The summed E-state index contributed by atoms with van der Waals surface area (Å²) in [4.78, 5) is 13.0. The summed E-state index contributed by atoms with van der Waals surface area (Å²) in [6.45, 7) is 1.68. The summed E-state index contributed by atoms with van der Waals surface area (Å²) in [6, 6.07) is 18.0. The molecule has 7 nitrogen and oxygen atoms in total. The highest BCUT2D eigenvalue weighted by molar-refractivity contribution is 7.92. The molecule has 0 bridgehead atoms. The van der Waals surface area contributed by atoms with Crippen molar-refractivity contribution in [3.05, 3.63) is 77.3 Å². The van der Waals surface area contributed by atoms with E-state index in [9.17, 15) is 13.2 Å². The molecular formula is C23H21ClN2O5S. The van der Waals surface area contributed by atoms with Gasteiger partial charge in [-0.1, -0.05) is 23.7 Å². The highest BCUT2D eigenvalue weighted by Crippen LogP contribution is 2.38. The van der Waals surface area contributed by atoms with Gasteiger partial charge in [-0.2, -0.15) is 0 Å². The van der Waals surface area contributed by atoms with E-state index in [-0.39, 0.29) is 11.4 Å². The van der Waals surface area contributed by atoms with Gasteiger partial charge in [0, 0.05) is 10.7 Å². The first kappa shape index (κ1) is 22.0. The van der Waals surface area contributed by atoms with Crippen molar-refractivity contribution in [2.45, 2.75) is 17.9 Å². The zero-order valence-electron chi connectivity index (χ0n) is 17.4. The number of methoxy groups -OCH3 is 1. The Hall–Kier alpha value is -3.23. The Morgan fingerprint density at radius 1 is 1.12 bits per heavy atom. The Bertz CT molecular complexity index is 1260. The Morgan fingerprint density at radius 3 is 2.56 bits per heavy atom. The van der Waals surface area contributed by atoms with Gasteiger partial charge in [0.1, 0.15) is 11.5 Å². The van der Waals surface area contributed by atoms with E-state index in [0.29, 0.717) is 27.9 Å². The van der Waals surface area contributed by atoms with E-state index >= 15 is 0 Å². The normalized spacial score (nSPS) is 15.5. The molecule has 32 heavy (non-hydrogen) atoms. The van der Waals surface area contributed by atoms with Crippen molar-refractivity contribution in [2.24, 2.45) is 0 Å². The lowest BCUT2D eigenvalue weighted by Gasteiger charge is -2.35. The largest absolute Gasteiger partial charge is 0.497 e. The Kier molecular flexibility index (Phi) is 5.99. The van der Waals surface area contributed by atoms with Crippen LogP contribution in [0.5, 0.6) is 11.5 Å². The Labute approximate surface area is 191 Å². The monoisotopic (exact) mass is 472 g/mol. The number of halogens is 1. The molecule has 9 heteroatoms. The number of benzene rings is 3. The lowest BCUT2D eigenvalue weighted by Crippen LogP contribution is -2.48. The van der Waals surface area contributed by atoms with Gasteiger partial charge in [-0.25, -0.2) is 8.42 Å². The molecule has 3 aromatic carbocycles. The average Bonchev–Trinajstić information content (AvgIpc) is 2.78. The summed E-state index contributed by atoms with van der Waals surface area (Å²) in [5.41, 5.74) is 1.74. The molecule has 0 unspecified atom stereocenters. The van der Waals surface area contributed by atoms with E-state index in [1.54, 1.807) is 54.6 Å². The van der Waals surface area contributed by atoms with Gasteiger partial charge in [0.15, 0.2) is 6.10 Å². The number of rotatable bonds is 5. The van der Waals surface area contributed by atoms with Gasteiger partial charge in [0.05, 0.1) is 24.2 Å². The Balaban J connectivity index is 1.69. The average molecular weight is 473 g/mol. The predicted octanol–water partition coefficient (Wildman–Crippen LogP) is 4.25. The summed E-state index contributed by atoms with van der Waals surface area (Å²) < 4.78 is 39.2. The number of hydrogen-bond acceptors (Lipinski definition) is 5. The fraction of sp³-hybridized carbons (Fsp3) is 0.174. The van der Waals surface area contributed by atoms with Crippen LogP contribution >= 0.6 is 11.6 Å². The van der Waals surface area contributed by atoms with Crippen LogP contribution in [0.2, 0.25) is 5.02 Å². The van der Waals surface area contributed by atoms with Crippen LogP contribution < -0.4 is 19.1 Å². The van der Waals surface area contributed by atoms with Gasteiger partial charge in [-0.05, 0) is 67.1 Å². The predicted molar refractivity (Wildman–Crippen MR) is 123 cm³/mol. The number of aryl methyl sites for hydroxylation is 1. The van der Waals surface area contributed by atoms with Crippen LogP contribution in [0, 0.1) is 6.92 Å². The first-order valence-electron chi connectivity index (χ1n) is 9.78. The topological polar surface area (TPSA) is 84.9 Å². The maximum atomic E-state index is 13.5. The lowest BCUT2D eigenvalue weighted by atomic mass is 10.1. The number of carbonyl (C=O) groups is 1. The molecule has 3 aromatic rings. The van der Waals surface area contributed by atoms with Crippen LogP contribution in [0.15, 0.2) is 71.6 Å². The fourth-order valence-electron chi connectivity index (χ4n) is 3.39. The van der Waals surface area contributed by atoms with Crippen LogP contribution in [0.25, 0.3) is 0 Å². The zero-order chi connectivity index (χ0) is 22.9. The van der Waals surface area contributed by atoms with Crippen molar-refractivity contribution in [1.82, 2.24) is 0 Å². The van der Waals surface area contributed by atoms with Gasteiger partial charge in [-0.3, -0.25) is 9.10 Å². The van der Waals surface area contributed by atoms with Crippen LogP contribution in [0.1, 0.15) is 5.56 Å². The zero-order valence-corrected chi connectivity index (χ0v) is 19.0. The van der Waals surface area contributed by atoms with E-state index in [0.717, 1.165) is 5.56 Å². The number of amides is 1. The number of ether oxygens (including phenoxy) is 2. The lowest BCUT2D eigenvalue weighted by molar-refractivity contribution is -0.122. The third kappa shape index (κ3) is 4.37. The summed E-state index contributed by atoms with van der Waals surface area (Å²) in [6.07, 6.45) is -1.06. The van der Waals surface area contributed by atoms with Crippen LogP contribution in [-0.4, -0.2) is 34.1 Å². The SMILES string of the molecule is COc1ccc(S(=O)(=O)N2C[C@@H](C(=O)Nc3cccc(Cl)c3)Oc3cc(C)ccc32)cc1. The van der Waals surface area contributed by atoms with E-state index in [1.807, 2.05) is 6.92 Å². The highest BCUT2D eigenvalue weighted by atomic mass is 35.5. The second-order valence-corrected chi connectivity index (χ2v) is 9.59. The standard InChI is InChI=1S/C23H21ClN2O5S/c1-15-6-11-20-21(12-15)31-22(23(27)25-17-5-3-4-16(24)13-17)14-26(20)32(28,29)19-9-7-18(30-2)8-10-19/h3-13,22H,14H2,1-2H3,(H,25,27)/t22-/m0/s1. The molecule has 0 aromatic heterocycles. The molecule has 1 aliphatic heterocycles. The van der Waals surface area contributed by atoms with Gasteiger partial charge < -0.3 is 14.8 Å². The molecule has 0 radical (unpaired) electrons. The summed E-state index contributed by atoms with van der Waals surface area (Å²) in [7, 11) is -2.46. The smallest absolute Gasteiger partial charge is 0.267 e. The van der Waals surface area contributed by atoms with Crippen molar-refractivity contribution in [3.63, 3.8) is 0 Å². The van der Waals surface area contributed by atoms with Crippen LogP contribution in [0.4, 0.5) is 11.4 Å². The second kappa shape index (κ2) is 8.72. The minimum atomic E-state index is -3.96. The first-order chi connectivity index (χ1) is 15.3. The summed E-state index contributed by atoms with van der Waals surface area (Å²) >= 11 is 5.99. The fourth-order valence-corrected chi connectivity index (χ4v) is 5.06. The van der Waals surface area contributed by atoms with Crippen molar-refractivity contribution in [3.8, 4) is 11.5 Å². The van der Waals surface area contributed by atoms with Crippen molar-refractivity contribution in [1.29, 1.82) is 0 Å². The molecule has 1 aliphatic rings. The molecule has 1 heterocycles. The molecule has 0 saturated carbocycles. The number of carbonyl (C=O) groups excluding carboxylic acids is 1. The van der Waals surface area contributed by atoms with E-state index < -0.39 is 22.0 Å². The molecule has 166 valence electrons. The number of anilines is 2. The number of sulfonamides is 1. The van der Waals surface area contributed by atoms with E-state index in [2.05, 4.69) is 5.32 Å². The van der Waals surface area contributed by atoms with Crippen LogP contribution in [0.3, 0.4) is 0 Å². The minimum Gasteiger partial charge on any atom is -0.497 e. The van der Waals surface area contributed by atoms with Crippen molar-refractivity contribution in [2.75, 3.05) is 23.3 Å². The molecule has 0 saturated heterocycles. The third-order valence-electron chi connectivity index (χ3n) is 5.02. The molecule has 0 spiro atoms. The number of nitrogens with one attached hydrogen (secondary N) is 1. The molecule has 1 N–H and O–H groups in total. The van der Waals surface area contributed by atoms with Crippen molar-refractivity contribution < 1.29 is 22.7 Å². The van der Waals surface area contributed by atoms with Crippen molar-refractivity contribution >= 4 is 38.9 Å². The molecule has 0 fully saturated rings. The van der Waals surface area contributed by atoms with E-state index in [1.165, 1.54) is 23.5 Å². The molecular weight excluding hydrogens is 452 g/mol. The minimum absolute atomic E-state index is 0.0840. The Morgan fingerprint density at radius 2 is 1.88 bits per heavy atom. The molecule has 1 atom stereocenters. The van der Waals surface area contributed by atoms with Gasteiger partial charge in [0.2, 0.25) is 0 Å². The number of nitrogens with zero attached hydrogens (tertiary/aromatic N) is 1. The maximum absolute atomic E-state index is 13.5. The highest BCUT2D eigenvalue weighted by Gasteiger charge is 2.37. The van der Waals surface area contributed by atoms with E-state index in [4.69, 9.17) is 21.1 Å². The molecule has 4 rings (SSSR count). The second-order valence-electron chi connectivity index (χ2n) is 7.29. The molecule has 0 aliphatic carbocycles. The van der Waals surface area contributed by atoms with Gasteiger partial charge in [-0.15, -0.1) is 0 Å². The summed E-state index contributed by atoms with van der Waals surface area (Å²) in [5, 5.41) is 3.21. The van der Waals surface area contributed by atoms with Gasteiger partial charge >= 0.3 is 0 Å². The first-order valence-corrected chi connectivity index (χ1v) is 11.6. The molecule has 1 amide bonds. The third-order valence-corrected chi connectivity index (χ3v) is 7.05. The quantitative estimate of drug-likeness (QED) is 0.600. The summed E-state index contributed by atoms with van der Waals surface area (Å²) in [5.74, 6) is 0.384. The van der Waals surface area contributed by atoms with Crippen LogP contribution in [-0.2, 0) is 14.8 Å². The maximum Gasteiger partial charge on any atom is 0.267 e. The van der Waals surface area contributed by atoms with Gasteiger partial charge in [0.25, 0.3) is 15.9 Å².